The first-order valence-electron chi connectivity index (χ1n) is 7.19. The summed E-state index contributed by atoms with van der Waals surface area (Å²) in [5, 5.41) is 3.32. The average molecular weight is 296 g/mol. The molecule has 0 bridgehead atoms. The standard InChI is InChI=1S/C15H22ClN3O/c1-2-12-4-3-8-19(12)9-7-15(20)18-14-6-5-11(17)10-13(14)16/h5-6,10,12H,2-4,7-9,17H2,1H3,(H,18,20). The second kappa shape index (κ2) is 6.95. The van der Waals surface area contributed by atoms with Crippen molar-refractivity contribution in [3.05, 3.63) is 23.2 Å². The zero-order valence-electron chi connectivity index (χ0n) is 11.9. The molecule has 110 valence electrons. The van der Waals surface area contributed by atoms with Gasteiger partial charge in [0.25, 0.3) is 0 Å². The van der Waals surface area contributed by atoms with Crippen LogP contribution in [0.5, 0.6) is 0 Å². The Morgan fingerprint density at radius 1 is 1.55 bits per heavy atom. The lowest BCUT2D eigenvalue weighted by atomic mass is 10.1. The number of amides is 1. The molecule has 1 aromatic carbocycles. The molecular formula is C15H22ClN3O. The lowest BCUT2D eigenvalue weighted by Gasteiger charge is -2.22. The molecule has 1 saturated heterocycles. The van der Waals surface area contributed by atoms with E-state index < -0.39 is 0 Å². The second-order valence-corrected chi connectivity index (χ2v) is 5.68. The minimum atomic E-state index is -0.00146. The van der Waals surface area contributed by atoms with Crippen molar-refractivity contribution in [2.45, 2.75) is 38.6 Å². The van der Waals surface area contributed by atoms with Crippen LogP contribution in [0.3, 0.4) is 0 Å². The zero-order chi connectivity index (χ0) is 14.5. The highest BCUT2D eigenvalue weighted by Crippen LogP contribution is 2.24. The van der Waals surface area contributed by atoms with Gasteiger partial charge in [0.2, 0.25) is 5.91 Å². The van der Waals surface area contributed by atoms with Gasteiger partial charge in [-0.2, -0.15) is 0 Å². The summed E-state index contributed by atoms with van der Waals surface area (Å²) in [6.07, 6.45) is 4.15. The van der Waals surface area contributed by atoms with Crippen LogP contribution in [0.1, 0.15) is 32.6 Å². The number of rotatable bonds is 5. The van der Waals surface area contributed by atoms with E-state index in [9.17, 15) is 4.79 Å². The summed E-state index contributed by atoms with van der Waals surface area (Å²) >= 11 is 6.04. The Labute approximate surface area is 125 Å². The Bertz CT molecular complexity index is 478. The van der Waals surface area contributed by atoms with Gasteiger partial charge in [0.1, 0.15) is 0 Å². The van der Waals surface area contributed by atoms with E-state index in [1.807, 2.05) is 0 Å². The van der Waals surface area contributed by atoms with Crippen molar-refractivity contribution in [2.75, 3.05) is 24.1 Å². The molecule has 0 radical (unpaired) electrons. The molecule has 2 rings (SSSR count). The number of halogens is 1. The molecular weight excluding hydrogens is 274 g/mol. The van der Waals surface area contributed by atoms with Crippen molar-refractivity contribution in [3.8, 4) is 0 Å². The van der Waals surface area contributed by atoms with Gasteiger partial charge in [-0.05, 0) is 44.0 Å². The summed E-state index contributed by atoms with van der Waals surface area (Å²) in [6, 6.07) is 5.75. The number of carbonyl (C=O) groups excluding carboxylic acids is 1. The quantitative estimate of drug-likeness (QED) is 0.821. The Morgan fingerprint density at radius 2 is 2.35 bits per heavy atom. The average Bonchev–Trinajstić information content (AvgIpc) is 2.87. The van der Waals surface area contributed by atoms with E-state index in [-0.39, 0.29) is 5.91 Å². The van der Waals surface area contributed by atoms with E-state index in [2.05, 4.69) is 17.1 Å². The fourth-order valence-corrected chi connectivity index (χ4v) is 2.98. The Hall–Kier alpha value is -1.26. The van der Waals surface area contributed by atoms with Crippen molar-refractivity contribution in [3.63, 3.8) is 0 Å². The number of hydrogen-bond acceptors (Lipinski definition) is 3. The first-order valence-corrected chi connectivity index (χ1v) is 7.57. The maximum Gasteiger partial charge on any atom is 0.225 e. The van der Waals surface area contributed by atoms with Crippen molar-refractivity contribution >= 4 is 28.9 Å². The van der Waals surface area contributed by atoms with Gasteiger partial charge in [-0.1, -0.05) is 18.5 Å². The fourth-order valence-electron chi connectivity index (χ4n) is 2.74. The highest BCUT2D eigenvalue weighted by atomic mass is 35.5. The van der Waals surface area contributed by atoms with E-state index in [1.165, 1.54) is 12.8 Å². The second-order valence-electron chi connectivity index (χ2n) is 5.28. The monoisotopic (exact) mass is 295 g/mol. The smallest absolute Gasteiger partial charge is 0.225 e. The summed E-state index contributed by atoms with van der Waals surface area (Å²) in [5.74, 6) is -0.00146. The summed E-state index contributed by atoms with van der Waals surface area (Å²) < 4.78 is 0. The number of nitrogens with zero attached hydrogens (tertiary/aromatic N) is 1. The molecule has 0 saturated carbocycles. The van der Waals surface area contributed by atoms with E-state index in [4.69, 9.17) is 17.3 Å². The predicted octanol–water partition coefficient (Wildman–Crippen LogP) is 3.13. The molecule has 4 nitrogen and oxygen atoms in total. The molecule has 3 N–H and O–H groups in total. The van der Waals surface area contributed by atoms with Crippen LogP contribution in [0.15, 0.2) is 18.2 Å². The highest BCUT2D eigenvalue weighted by Gasteiger charge is 2.22. The molecule has 1 unspecified atom stereocenters. The van der Waals surface area contributed by atoms with E-state index in [0.29, 0.717) is 28.9 Å². The maximum absolute atomic E-state index is 12.0. The Kier molecular flexibility index (Phi) is 5.26. The summed E-state index contributed by atoms with van der Waals surface area (Å²) in [6.45, 7) is 4.13. The van der Waals surface area contributed by atoms with E-state index in [0.717, 1.165) is 19.5 Å². The van der Waals surface area contributed by atoms with Crippen LogP contribution in [0, 0.1) is 0 Å². The summed E-state index contributed by atoms with van der Waals surface area (Å²) in [7, 11) is 0. The van der Waals surface area contributed by atoms with Gasteiger partial charge in [-0.25, -0.2) is 0 Å². The number of nitrogens with one attached hydrogen (secondary N) is 1. The first kappa shape index (κ1) is 15.1. The number of nitrogens with two attached hydrogens (primary N) is 1. The molecule has 1 aliphatic heterocycles. The SMILES string of the molecule is CCC1CCCN1CCC(=O)Nc1ccc(N)cc1Cl. The molecule has 5 heteroatoms. The lowest BCUT2D eigenvalue weighted by molar-refractivity contribution is -0.116. The summed E-state index contributed by atoms with van der Waals surface area (Å²) in [5.41, 5.74) is 6.84. The highest BCUT2D eigenvalue weighted by molar-refractivity contribution is 6.34. The fraction of sp³-hybridized carbons (Fsp3) is 0.533. The van der Waals surface area contributed by atoms with Gasteiger partial charge < -0.3 is 11.1 Å². The van der Waals surface area contributed by atoms with Gasteiger partial charge in [0, 0.05) is 24.7 Å². The Balaban J connectivity index is 1.83. The molecule has 1 aromatic rings. The van der Waals surface area contributed by atoms with Crippen molar-refractivity contribution in [1.82, 2.24) is 4.90 Å². The van der Waals surface area contributed by atoms with Gasteiger partial charge in [0.15, 0.2) is 0 Å². The summed E-state index contributed by atoms with van der Waals surface area (Å²) in [4.78, 5) is 14.4. The van der Waals surface area contributed by atoms with Crippen LogP contribution in [0.2, 0.25) is 5.02 Å². The molecule has 1 fully saturated rings. The number of benzene rings is 1. The van der Waals surface area contributed by atoms with E-state index in [1.54, 1.807) is 18.2 Å². The van der Waals surface area contributed by atoms with Crippen LogP contribution in [-0.4, -0.2) is 29.9 Å². The van der Waals surface area contributed by atoms with Crippen LogP contribution >= 0.6 is 11.6 Å². The molecule has 0 aromatic heterocycles. The Morgan fingerprint density at radius 3 is 3.05 bits per heavy atom. The third-order valence-electron chi connectivity index (χ3n) is 3.86. The number of hydrogen-bond donors (Lipinski definition) is 2. The first-order chi connectivity index (χ1) is 9.60. The van der Waals surface area contributed by atoms with Crippen molar-refractivity contribution in [1.29, 1.82) is 0 Å². The van der Waals surface area contributed by atoms with Gasteiger partial charge in [-0.15, -0.1) is 0 Å². The molecule has 0 aliphatic carbocycles. The third kappa shape index (κ3) is 3.87. The largest absolute Gasteiger partial charge is 0.399 e. The number of nitrogen functional groups attached to an aromatic ring is 1. The maximum atomic E-state index is 12.0. The minimum Gasteiger partial charge on any atom is -0.399 e. The van der Waals surface area contributed by atoms with Gasteiger partial charge >= 0.3 is 0 Å². The zero-order valence-corrected chi connectivity index (χ0v) is 12.6. The van der Waals surface area contributed by atoms with E-state index >= 15 is 0 Å². The number of anilines is 2. The molecule has 0 spiro atoms. The molecule has 1 heterocycles. The predicted molar refractivity (Wildman–Crippen MR) is 84.0 cm³/mol. The molecule has 1 atom stereocenters. The number of carbonyl (C=O) groups is 1. The van der Waals surface area contributed by atoms with Crippen molar-refractivity contribution in [2.24, 2.45) is 0 Å². The molecule has 1 aliphatic rings. The molecule has 1 amide bonds. The van der Waals surface area contributed by atoms with Crippen LogP contribution in [0.4, 0.5) is 11.4 Å². The lowest BCUT2D eigenvalue weighted by Crippen LogP contribution is -2.32. The molecule has 20 heavy (non-hydrogen) atoms. The van der Waals surface area contributed by atoms with Crippen LogP contribution in [0.25, 0.3) is 0 Å². The van der Waals surface area contributed by atoms with Gasteiger partial charge in [0.05, 0.1) is 10.7 Å². The van der Waals surface area contributed by atoms with Crippen LogP contribution in [-0.2, 0) is 4.79 Å². The topological polar surface area (TPSA) is 58.4 Å². The van der Waals surface area contributed by atoms with Crippen LogP contribution < -0.4 is 11.1 Å². The third-order valence-corrected chi connectivity index (χ3v) is 4.18. The van der Waals surface area contributed by atoms with Crippen molar-refractivity contribution < 1.29 is 4.79 Å². The minimum absolute atomic E-state index is 0.00146. The number of likely N-dealkylation sites (tertiary alicyclic amines) is 1. The van der Waals surface area contributed by atoms with Gasteiger partial charge in [-0.3, -0.25) is 9.69 Å². The normalized spacial score (nSPS) is 19.2.